The summed E-state index contributed by atoms with van der Waals surface area (Å²) in [5, 5.41) is 9.69. The molecule has 144 valence electrons. The van der Waals surface area contributed by atoms with Gasteiger partial charge in [0.2, 0.25) is 5.91 Å². The zero-order valence-corrected chi connectivity index (χ0v) is 16.4. The van der Waals surface area contributed by atoms with Crippen molar-refractivity contribution in [3.63, 3.8) is 0 Å². The molecule has 1 aromatic rings. The second-order valence-corrected chi connectivity index (χ2v) is 7.51. The number of benzene rings is 1. The van der Waals surface area contributed by atoms with Gasteiger partial charge in [0.15, 0.2) is 11.5 Å². The van der Waals surface area contributed by atoms with Crippen LogP contribution in [0.3, 0.4) is 0 Å². The van der Waals surface area contributed by atoms with Gasteiger partial charge < -0.3 is 19.6 Å². The number of amides is 1. The van der Waals surface area contributed by atoms with Gasteiger partial charge in [0.25, 0.3) is 0 Å². The minimum absolute atomic E-state index is 0.0541. The lowest BCUT2D eigenvalue weighted by atomic mass is 9.86. The average Bonchev–Trinajstić information content (AvgIpc) is 2.62. The van der Waals surface area contributed by atoms with Crippen molar-refractivity contribution in [3.8, 4) is 11.5 Å². The Balaban J connectivity index is 2.09. The average molecular weight is 360 g/mol. The fourth-order valence-corrected chi connectivity index (χ4v) is 3.40. The maximum Gasteiger partial charge on any atom is 0.246 e. The largest absolute Gasteiger partial charge is 0.504 e. The predicted molar refractivity (Wildman–Crippen MR) is 105 cm³/mol. The topological polar surface area (TPSA) is 53.0 Å². The normalized spacial score (nSPS) is 20.5. The van der Waals surface area contributed by atoms with E-state index in [4.69, 9.17) is 4.74 Å². The van der Waals surface area contributed by atoms with Crippen LogP contribution in [-0.4, -0.2) is 61.2 Å². The maximum absolute atomic E-state index is 12.9. The van der Waals surface area contributed by atoms with E-state index >= 15 is 0 Å². The van der Waals surface area contributed by atoms with Crippen LogP contribution in [0.25, 0.3) is 6.08 Å². The van der Waals surface area contributed by atoms with Crippen molar-refractivity contribution < 1.29 is 14.6 Å². The number of aromatic hydroxyl groups is 1. The van der Waals surface area contributed by atoms with E-state index in [1.54, 1.807) is 30.4 Å². The quantitative estimate of drug-likeness (QED) is 0.758. The molecule has 26 heavy (non-hydrogen) atoms. The first-order valence-electron chi connectivity index (χ1n) is 9.41. The molecule has 0 atom stereocenters. The lowest BCUT2D eigenvalue weighted by Crippen LogP contribution is -2.44. The Morgan fingerprint density at radius 2 is 1.92 bits per heavy atom. The molecule has 1 aliphatic rings. The van der Waals surface area contributed by atoms with Crippen LogP contribution in [0, 0.1) is 5.92 Å². The predicted octanol–water partition coefficient (Wildman–Crippen LogP) is 3.38. The first kappa shape index (κ1) is 20.3. The van der Waals surface area contributed by atoms with Crippen LogP contribution in [0.5, 0.6) is 11.5 Å². The molecule has 0 bridgehead atoms. The zero-order valence-electron chi connectivity index (χ0n) is 16.4. The van der Waals surface area contributed by atoms with Crippen LogP contribution in [0.1, 0.15) is 38.2 Å². The third-order valence-corrected chi connectivity index (χ3v) is 5.12. The van der Waals surface area contributed by atoms with Gasteiger partial charge in [-0.15, -0.1) is 0 Å². The van der Waals surface area contributed by atoms with Crippen molar-refractivity contribution in [2.24, 2.45) is 5.92 Å². The Morgan fingerprint density at radius 3 is 2.54 bits per heavy atom. The van der Waals surface area contributed by atoms with Crippen LogP contribution >= 0.6 is 0 Å². The minimum Gasteiger partial charge on any atom is -0.504 e. The van der Waals surface area contributed by atoms with E-state index in [9.17, 15) is 9.90 Å². The molecular weight excluding hydrogens is 328 g/mol. The molecule has 5 nitrogen and oxygen atoms in total. The molecule has 1 aliphatic carbocycles. The van der Waals surface area contributed by atoms with Crippen LogP contribution in [0.4, 0.5) is 0 Å². The van der Waals surface area contributed by atoms with E-state index in [0.29, 0.717) is 11.8 Å². The summed E-state index contributed by atoms with van der Waals surface area (Å²) in [6.45, 7) is 3.90. The number of hydrogen-bond acceptors (Lipinski definition) is 4. The number of hydrogen-bond donors (Lipinski definition) is 1. The number of phenolic OH excluding ortho intramolecular Hbond substituents is 1. The van der Waals surface area contributed by atoms with Crippen LogP contribution < -0.4 is 4.74 Å². The number of carbonyl (C=O) groups is 1. The number of nitrogens with zero attached hydrogens (tertiary/aromatic N) is 2. The Labute approximate surface area is 157 Å². The fourth-order valence-electron chi connectivity index (χ4n) is 3.40. The van der Waals surface area contributed by atoms with Crippen molar-refractivity contribution >= 4 is 12.0 Å². The first-order chi connectivity index (χ1) is 12.4. The highest BCUT2D eigenvalue weighted by Crippen LogP contribution is 2.28. The van der Waals surface area contributed by atoms with Crippen molar-refractivity contribution in [2.75, 3.05) is 34.3 Å². The highest BCUT2D eigenvalue weighted by atomic mass is 16.5. The molecule has 0 radical (unpaired) electrons. The fraction of sp³-hybridized carbons (Fsp3) is 0.571. The van der Waals surface area contributed by atoms with Gasteiger partial charge in [0, 0.05) is 25.2 Å². The minimum atomic E-state index is 0.0541. The van der Waals surface area contributed by atoms with Gasteiger partial charge in [0.1, 0.15) is 0 Å². The Hall–Kier alpha value is -2.01. The van der Waals surface area contributed by atoms with E-state index < -0.39 is 0 Å². The third-order valence-electron chi connectivity index (χ3n) is 5.12. The highest BCUT2D eigenvalue weighted by molar-refractivity contribution is 5.92. The van der Waals surface area contributed by atoms with Crippen LogP contribution in [-0.2, 0) is 4.79 Å². The third kappa shape index (κ3) is 5.77. The standard InChI is InChI=1S/C21H32N2O3/c1-16-5-9-18(10-6-16)23(14-13-22(2)3)21(25)12-8-17-7-11-19(24)20(15-17)26-4/h7-8,11-12,15-16,18,24H,5-6,9-10,13-14H2,1-4H3/b12-8+/t16-,18+. The summed E-state index contributed by atoms with van der Waals surface area (Å²) in [4.78, 5) is 17.0. The van der Waals surface area contributed by atoms with Crippen molar-refractivity contribution in [1.29, 1.82) is 0 Å². The monoisotopic (exact) mass is 360 g/mol. The second-order valence-electron chi connectivity index (χ2n) is 7.51. The lowest BCUT2D eigenvalue weighted by molar-refractivity contribution is -0.129. The maximum atomic E-state index is 12.9. The van der Waals surface area contributed by atoms with Gasteiger partial charge in [-0.2, -0.15) is 0 Å². The van der Waals surface area contributed by atoms with E-state index in [1.807, 2.05) is 19.0 Å². The molecule has 1 aromatic carbocycles. The van der Waals surface area contributed by atoms with Gasteiger partial charge >= 0.3 is 0 Å². The molecule has 0 spiro atoms. The van der Waals surface area contributed by atoms with Crippen molar-refractivity contribution in [3.05, 3.63) is 29.8 Å². The summed E-state index contributed by atoms with van der Waals surface area (Å²) in [5.74, 6) is 1.32. The van der Waals surface area contributed by atoms with Crippen LogP contribution in [0.15, 0.2) is 24.3 Å². The molecule has 2 rings (SSSR count). The van der Waals surface area contributed by atoms with E-state index in [2.05, 4.69) is 11.8 Å². The van der Waals surface area contributed by atoms with Crippen molar-refractivity contribution in [2.45, 2.75) is 38.6 Å². The van der Waals surface area contributed by atoms with E-state index in [1.165, 1.54) is 20.0 Å². The van der Waals surface area contributed by atoms with Gasteiger partial charge in [-0.05, 0) is 69.5 Å². The molecular formula is C21H32N2O3. The Morgan fingerprint density at radius 1 is 1.23 bits per heavy atom. The second kappa shape index (κ2) is 9.62. The van der Waals surface area contributed by atoms with E-state index in [0.717, 1.165) is 37.4 Å². The molecule has 0 heterocycles. The van der Waals surface area contributed by atoms with Crippen molar-refractivity contribution in [1.82, 2.24) is 9.80 Å². The molecule has 1 saturated carbocycles. The summed E-state index contributed by atoms with van der Waals surface area (Å²) in [5.41, 5.74) is 0.831. The van der Waals surface area contributed by atoms with Crippen LogP contribution in [0.2, 0.25) is 0 Å². The summed E-state index contributed by atoms with van der Waals surface area (Å²) in [6.07, 6.45) is 7.98. The molecule has 0 aromatic heterocycles. The first-order valence-corrected chi connectivity index (χ1v) is 9.41. The Bertz CT molecular complexity index is 620. The summed E-state index contributed by atoms with van der Waals surface area (Å²) >= 11 is 0. The van der Waals surface area contributed by atoms with Gasteiger partial charge in [0.05, 0.1) is 7.11 Å². The van der Waals surface area contributed by atoms with Gasteiger partial charge in [-0.3, -0.25) is 4.79 Å². The molecule has 5 heteroatoms. The van der Waals surface area contributed by atoms with Gasteiger partial charge in [-0.1, -0.05) is 13.0 Å². The lowest BCUT2D eigenvalue weighted by Gasteiger charge is -2.36. The molecule has 0 unspecified atom stereocenters. The number of rotatable bonds is 7. The molecule has 0 aliphatic heterocycles. The SMILES string of the molecule is COc1cc(/C=C/C(=O)N(CCN(C)C)[C@H]2CC[C@@H](C)CC2)ccc1O. The number of carbonyl (C=O) groups excluding carboxylic acids is 1. The summed E-state index contributed by atoms with van der Waals surface area (Å²) in [6, 6.07) is 5.41. The summed E-state index contributed by atoms with van der Waals surface area (Å²) < 4.78 is 5.13. The van der Waals surface area contributed by atoms with E-state index in [-0.39, 0.29) is 11.7 Å². The van der Waals surface area contributed by atoms with Gasteiger partial charge in [-0.25, -0.2) is 0 Å². The number of ether oxygens (including phenoxy) is 1. The number of phenols is 1. The number of likely N-dealkylation sites (N-methyl/N-ethyl adjacent to an activating group) is 1. The summed E-state index contributed by atoms with van der Waals surface area (Å²) in [7, 11) is 5.58. The zero-order chi connectivity index (χ0) is 19.1. The molecule has 0 saturated heterocycles. The molecule has 1 fully saturated rings. The molecule has 1 N–H and O–H groups in total. The molecule has 1 amide bonds. The smallest absolute Gasteiger partial charge is 0.246 e. The Kier molecular flexibility index (Phi) is 7.51. The number of methoxy groups -OCH3 is 1. The highest BCUT2D eigenvalue weighted by Gasteiger charge is 2.26.